The Bertz CT molecular complexity index is 316. The molecular formula is C10H14N2O. The van der Waals surface area contributed by atoms with Crippen molar-refractivity contribution in [1.29, 1.82) is 0 Å². The number of aryl methyl sites for hydroxylation is 1. The summed E-state index contributed by atoms with van der Waals surface area (Å²) in [6.45, 7) is 0. The molecule has 0 saturated heterocycles. The molecule has 1 aliphatic carbocycles. The van der Waals surface area contributed by atoms with Gasteiger partial charge in [0, 0.05) is 25.6 Å². The molecule has 1 heterocycles. The minimum absolute atomic E-state index is 0.268. The van der Waals surface area contributed by atoms with Gasteiger partial charge in [0.2, 0.25) is 0 Å². The summed E-state index contributed by atoms with van der Waals surface area (Å²) >= 11 is 0. The van der Waals surface area contributed by atoms with Crippen LogP contribution in [0.25, 0.3) is 0 Å². The lowest BCUT2D eigenvalue weighted by Gasteiger charge is -2.03. The van der Waals surface area contributed by atoms with Gasteiger partial charge in [-0.3, -0.25) is 9.48 Å². The van der Waals surface area contributed by atoms with Crippen molar-refractivity contribution in [2.45, 2.75) is 25.7 Å². The second-order valence-corrected chi connectivity index (χ2v) is 3.78. The zero-order valence-electron chi connectivity index (χ0n) is 7.86. The summed E-state index contributed by atoms with van der Waals surface area (Å²) in [6, 6.07) is 0. The van der Waals surface area contributed by atoms with E-state index in [1.54, 1.807) is 4.68 Å². The van der Waals surface area contributed by atoms with Crippen molar-refractivity contribution < 1.29 is 4.79 Å². The van der Waals surface area contributed by atoms with Gasteiger partial charge in [-0.15, -0.1) is 0 Å². The van der Waals surface area contributed by atoms with E-state index < -0.39 is 0 Å². The van der Waals surface area contributed by atoms with Crippen LogP contribution < -0.4 is 0 Å². The largest absolute Gasteiger partial charge is 0.299 e. The number of hydrogen-bond donors (Lipinski definition) is 0. The van der Waals surface area contributed by atoms with E-state index in [4.69, 9.17) is 0 Å². The van der Waals surface area contributed by atoms with Gasteiger partial charge in [0.1, 0.15) is 5.78 Å². The zero-order valence-corrected chi connectivity index (χ0v) is 7.86. The van der Waals surface area contributed by atoms with Gasteiger partial charge in [0.05, 0.1) is 6.20 Å². The van der Waals surface area contributed by atoms with Gasteiger partial charge in [-0.25, -0.2) is 0 Å². The number of hydrogen-bond acceptors (Lipinski definition) is 2. The fraction of sp³-hybridized carbons (Fsp3) is 0.600. The molecule has 1 fully saturated rings. The van der Waals surface area contributed by atoms with Crippen molar-refractivity contribution in [1.82, 2.24) is 9.78 Å². The molecule has 1 aliphatic rings. The lowest BCUT2D eigenvalue weighted by molar-refractivity contribution is -0.120. The van der Waals surface area contributed by atoms with Crippen molar-refractivity contribution in [3.8, 4) is 0 Å². The van der Waals surface area contributed by atoms with E-state index in [0.29, 0.717) is 5.78 Å². The van der Waals surface area contributed by atoms with Crippen LogP contribution in [0.2, 0.25) is 0 Å². The normalized spacial score (nSPS) is 22.5. The third-order valence-electron chi connectivity index (χ3n) is 2.67. The SMILES string of the molecule is Cn1cc(C[C@@H]2CCCC2=O)cn1. The molecular weight excluding hydrogens is 164 g/mol. The number of carbonyl (C=O) groups excluding carboxylic acids is 1. The van der Waals surface area contributed by atoms with Crippen molar-refractivity contribution >= 4 is 5.78 Å². The van der Waals surface area contributed by atoms with Gasteiger partial charge in [0.15, 0.2) is 0 Å². The zero-order chi connectivity index (χ0) is 9.26. The van der Waals surface area contributed by atoms with Crippen LogP contribution in [0, 0.1) is 5.92 Å². The van der Waals surface area contributed by atoms with Crippen LogP contribution in [0.3, 0.4) is 0 Å². The Morgan fingerprint density at radius 3 is 3.08 bits per heavy atom. The minimum Gasteiger partial charge on any atom is -0.299 e. The molecule has 1 atom stereocenters. The summed E-state index contributed by atoms with van der Waals surface area (Å²) in [5.74, 6) is 0.702. The lowest BCUT2D eigenvalue weighted by atomic mass is 9.99. The van der Waals surface area contributed by atoms with Crippen molar-refractivity contribution in [3.63, 3.8) is 0 Å². The second kappa shape index (κ2) is 3.32. The highest BCUT2D eigenvalue weighted by Crippen LogP contribution is 2.24. The standard InChI is InChI=1S/C10H14N2O/c1-12-7-8(6-11-12)5-9-3-2-4-10(9)13/h6-7,9H,2-5H2,1H3/t9-/m0/s1. The van der Waals surface area contributed by atoms with Crippen LogP contribution in [0.5, 0.6) is 0 Å². The van der Waals surface area contributed by atoms with Crippen LogP contribution in [0.4, 0.5) is 0 Å². The lowest BCUT2D eigenvalue weighted by Crippen LogP contribution is -2.08. The maximum absolute atomic E-state index is 11.4. The molecule has 1 aromatic rings. The van der Waals surface area contributed by atoms with Gasteiger partial charge in [0.25, 0.3) is 0 Å². The number of nitrogens with zero attached hydrogens (tertiary/aromatic N) is 2. The Balaban J connectivity index is 2.01. The molecule has 0 bridgehead atoms. The molecule has 13 heavy (non-hydrogen) atoms. The van der Waals surface area contributed by atoms with E-state index >= 15 is 0 Å². The number of Topliss-reactive ketones (excluding diaryl/α,β-unsaturated/α-hetero) is 1. The second-order valence-electron chi connectivity index (χ2n) is 3.78. The van der Waals surface area contributed by atoms with Crippen molar-refractivity contribution in [2.75, 3.05) is 0 Å². The predicted octanol–water partition coefficient (Wildman–Crippen LogP) is 1.33. The first-order valence-electron chi connectivity index (χ1n) is 4.76. The summed E-state index contributed by atoms with van der Waals surface area (Å²) in [6.07, 6.45) is 7.65. The predicted molar refractivity (Wildman–Crippen MR) is 49.3 cm³/mol. The quantitative estimate of drug-likeness (QED) is 0.684. The molecule has 0 spiro atoms. The molecule has 0 aromatic carbocycles. The first-order valence-corrected chi connectivity index (χ1v) is 4.76. The van der Waals surface area contributed by atoms with Gasteiger partial charge < -0.3 is 0 Å². The molecule has 0 radical (unpaired) electrons. The fourth-order valence-corrected chi connectivity index (χ4v) is 1.97. The molecule has 0 N–H and O–H groups in total. The maximum Gasteiger partial charge on any atom is 0.136 e. The average Bonchev–Trinajstić information content (AvgIpc) is 2.64. The average molecular weight is 178 g/mol. The van der Waals surface area contributed by atoms with E-state index in [1.165, 1.54) is 5.56 Å². The Kier molecular flexibility index (Phi) is 2.17. The van der Waals surface area contributed by atoms with Crippen LogP contribution in [0.1, 0.15) is 24.8 Å². The van der Waals surface area contributed by atoms with Gasteiger partial charge in [-0.05, 0) is 24.8 Å². The van der Waals surface area contributed by atoms with E-state index in [1.807, 2.05) is 19.4 Å². The van der Waals surface area contributed by atoms with Crippen molar-refractivity contribution in [3.05, 3.63) is 18.0 Å². The molecule has 3 nitrogen and oxygen atoms in total. The van der Waals surface area contributed by atoms with Crippen LogP contribution in [-0.2, 0) is 18.3 Å². The molecule has 1 saturated carbocycles. The minimum atomic E-state index is 0.268. The smallest absolute Gasteiger partial charge is 0.136 e. The third-order valence-corrected chi connectivity index (χ3v) is 2.67. The number of carbonyl (C=O) groups is 1. The molecule has 2 rings (SSSR count). The van der Waals surface area contributed by atoms with Crippen LogP contribution in [-0.4, -0.2) is 15.6 Å². The molecule has 0 amide bonds. The highest BCUT2D eigenvalue weighted by atomic mass is 16.1. The van der Waals surface area contributed by atoms with Gasteiger partial charge >= 0.3 is 0 Å². The summed E-state index contributed by atoms with van der Waals surface area (Å²) < 4.78 is 1.79. The third kappa shape index (κ3) is 1.79. The Labute approximate surface area is 77.7 Å². The Morgan fingerprint density at radius 1 is 1.69 bits per heavy atom. The van der Waals surface area contributed by atoms with Crippen molar-refractivity contribution in [2.24, 2.45) is 13.0 Å². The summed E-state index contributed by atoms with van der Waals surface area (Å²) in [7, 11) is 1.90. The molecule has 0 aliphatic heterocycles. The van der Waals surface area contributed by atoms with E-state index in [-0.39, 0.29) is 5.92 Å². The highest BCUT2D eigenvalue weighted by Gasteiger charge is 2.24. The number of rotatable bonds is 2. The van der Waals surface area contributed by atoms with Gasteiger partial charge in [-0.1, -0.05) is 0 Å². The first-order chi connectivity index (χ1) is 6.25. The summed E-state index contributed by atoms with van der Waals surface area (Å²) in [5.41, 5.74) is 1.18. The van der Waals surface area contributed by atoms with Gasteiger partial charge in [-0.2, -0.15) is 5.10 Å². The van der Waals surface area contributed by atoms with E-state index in [9.17, 15) is 4.79 Å². The maximum atomic E-state index is 11.4. The van der Waals surface area contributed by atoms with Crippen LogP contribution in [0.15, 0.2) is 12.4 Å². The fourth-order valence-electron chi connectivity index (χ4n) is 1.97. The highest BCUT2D eigenvalue weighted by molar-refractivity contribution is 5.83. The Hall–Kier alpha value is -1.12. The molecule has 70 valence electrons. The van der Waals surface area contributed by atoms with E-state index in [2.05, 4.69) is 5.10 Å². The topological polar surface area (TPSA) is 34.9 Å². The monoisotopic (exact) mass is 178 g/mol. The van der Waals surface area contributed by atoms with E-state index in [0.717, 1.165) is 25.7 Å². The summed E-state index contributed by atoms with van der Waals surface area (Å²) in [4.78, 5) is 11.4. The summed E-state index contributed by atoms with van der Waals surface area (Å²) in [5, 5.41) is 4.09. The molecule has 3 heteroatoms. The number of ketones is 1. The number of aromatic nitrogens is 2. The molecule has 0 unspecified atom stereocenters. The molecule has 1 aromatic heterocycles. The van der Waals surface area contributed by atoms with Crippen LogP contribution >= 0.6 is 0 Å². The Morgan fingerprint density at radius 2 is 2.54 bits per heavy atom. The first kappa shape index (κ1) is 8.48.